The Balaban J connectivity index is 2.27. The molecule has 0 saturated carbocycles. The van der Waals surface area contributed by atoms with Crippen LogP contribution < -0.4 is 4.74 Å². The van der Waals surface area contributed by atoms with Crippen molar-refractivity contribution in [1.29, 1.82) is 0 Å². The highest BCUT2D eigenvalue weighted by Gasteiger charge is 2.05. The normalized spacial score (nSPS) is 10.4. The minimum absolute atomic E-state index is 0.378. The molecule has 1 nitrogen and oxygen atoms in total. The summed E-state index contributed by atoms with van der Waals surface area (Å²) in [7, 11) is 0. The molecule has 0 fully saturated rings. The molecule has 2 rings (SSSR count). The molecule has 0 aliphatic carbocycles. The van der Waals surface area contributed by atoms with Crippen molar-refractivity contribution in [3.8, 4) is 11.5 Å². The highest BCUT2D eigenvalue weighted by atomic mass is 35.5. The molecule has 0 aliphatic heterocycles. The summed E-state index contributed by atoms with van der Waals surface area (Å²) < 4.78 is 5.85. The lowest BCUT2D eigenvalue weighted by Gasteiger charge is -2.10. The minimum Gasteiger partial charge on any atom is -0.457 e. The Labute approximate surface area is 117 Å². The van der Waals surface area contributed by atoms with Gasteiger partial charge in [0.25, 0.3) is 0 Å². The van der Waals surface area contributed by atoms with Crippen molar-refractivity contribution in [2.75, 3.05) is 0 Å². The van der Waals surface area contributed by atoms with Gasteiger partial charge in [0.1, 0.15) is 11.5 Å². The summed E-state index contributed by atoms with van der Waals surface area (Å²) >= 11 is 11.8. The first-order valence-electron chi connectivity index (χ1n) is 5.84. The summed E-state index contributed by atoms with van der Waals surface area (Å²) in [5, 5.41) is 0.667. The predicted octanol–water partition coefficient (Wildman–Crippen LogP) is 5.43. The van der Waals surface area contributed by atoms with Crippen molar-refractivity contribution >= 4 is 23.2 Å². The van der Waals surface area contributed by atoms with Gasteiger partial charge in [-0.2, -0.15) is 0 Å². The van der Waals surface area contributed by atoms with Crippen LogP contribution in [0.5, 0.6) is 11.5 Å². The fourth-order valence-electron chi connectivity index (χ4n) is 1.71. The number of aryl methyl sites for hydroxylation is 1. The van der Waals surface area contributed by atoms with Crippen LogP contribution in [0.3, 0.4) is 0 Å². The van der Waals surface area contributed by atoms with Crippen molar-refractivity contribution in [1.82, 2.24) is 0 Å². The number of benzene rings is 2. The second-order valence-electron chi connectivity index (χ2n) is 3.99. The molecule has 0 radical (unpaired) electrons. The zero-order chi connectivity index (χ0) is 13.0. The van der Waals surface area contributed by atoms with Gasteiger partial charge in [0.2, 0.25) is 0 Å². The van der Waals surface area contributed by atoms with Crippen molar-refractivity contribution in [3.63, 3.8) is 0 Å². The zero-order valence-corrected chi connectivity index (χ0v) is 11.6. The molecule has 3 heteroatoms. The maximum absolute atomic E-state index is 5.93. The third kappa shape index (κ3) is 3.18. The van der Waals surface area contributed by atoms with Crippen LogP contribution in [0, 0.1) is 0 Å². The largest absolute Gasteiger partial charge is 0.457 e. The van der Waals surface area contributed by atoms with Gasteiger partial charge in [0.05, 0.1) is 5.88 Å². The Morgan fingerprint density at radius 2 is 1.94 bits per heavy atom. The summed E-state index contributed by atoms with van der Waals surface area (Å²) in [5.74, 6) is 1.95. The lowest BCUT2D eigenvalue weighted by atomic mass is 10.1. The average Bonchev–Trinajstić information content (AvgIpc) is 2.41. The topological polar surface area (TPSA) is 9.23 Å². The van der Waals surface area contributed by atoms with Crippen LogP contribution in [0.15, 0.2) is 42.5 Å². The highest BCUT2D eigenvalue weighted by molar-refractivity contribution is 6.30. The second kappa shape index (κ2) is 6.12. The van der Waals surface area contributed by atoms with Gasteiger partial charge in [0.15, 0.2) is 0 Å². The molecule has 0 N–H and O–H groups in total. The third-order valence-electron chi connectivity index (χ3n) is 2.70. The number of ether oxygens (including phenoxy) is 1. The van der Waals surface area contributed by atoms with E-state index < -0.39 is 0 Å². The Kier molecular flexibility index (Phi) is 4.51. The number of rotatable bonds is 4. The van der Waals surface area contributed by atoms with Crippen molar-refractivity contribution in [2.45, 2.75) is 19.2 Å². The van der Waals surface area contributed by atoms with E-state index in [1.807, 2.05) is 30.3 Å². The van der Waals surface area contributed by atoms with Crippen LogP contribution >= 0.6 is 23.2 Å². The predicted molar refractivity (Wildman–Crippen MR) is 76.9 cm³/mol. The quantitative estimate of drug-likeness (QED) is 0.678. The van der Waals surface area contributed by atoms with Crippen LogP contribution in [0.25, 0.3) is 0 Å². The first-order chi connectivity index (χ1) is 8.72. The highest BCUT2D eigenvalue weighted by Crippen LogP contribution is 2.29. The lowest BCUT2D eigenvalue weighted by molar-refractivity contribution is 0.478. The van der Waals surface area contributed by atoms with E-state index in [-0.39, 0.29) is 0 Å². The molecule has 0 aliphatic rings. The fraction of sp³-hybridized carbons (Fsp3) is 0.200. The standard InChI is InChI=1S/C15H14Cl2O/c1-2-11-4-3-5-14(8-11)18-15-7-6-13(17)9-12(15)10-16/h3-9H,2,10H2,1H3. The summed E-state index contributed by atoms with van der Waals surface area (Å²) in [5.41, 5.74) is 2.14. The van der Waals surface area contributed by atoms with Crippen molar-refractivity contribution in [3.05, 3.63) is 58.6 Å². The van der Waals surface area contributed by atoms with Crippen LogP contribution in [-0.4, -0.2) is 0 Å². The van der Waals surface area contributed by atoms with Gasteiger partial charge in [-0.1, -0.05) is 30.7 Å². The maximum atomic E-state index is 5.93. The minimum atomic E-state index is 0.378. The molecule has 0 saturated heterocycles. The van der Waals surface area contributed by atoms with E-state index in [2.05, 4.69) is 13.0 Å². The number of hydrogen-bond donors (Lipinski definition) is 0. The number of halogens is 2. The van der Waals surface area contributed by atoms with Gasteiger partial charge in [-0.3, -0.25) is 0 Å². The van der Waals surface area contributed by atoms with Gasteiger partial charge in [-0.25, -0.2) is 0 Å². The summed E-state index contributed by atoms with van der Waals surface area (Å²) in [6.07, 6.45) is 0.986. The molecule has 0 bridgehead atoms. The van der Waals surface area contributed by atoms with Gasteiger partial charge in [-0.05, 0) is 42.3 Å². The van der Waals surface area contributed by atoms with E-state index in [1.165, 1.54) is 5.56 Å². The molecule has 0 heterocycles. The van der Waals surface area contributed by atoms with Crippen LogP contribution in [0.2, 0.25) is 5.02 Å². The Morgan fingerprint density at radius 3 is 2.67 bits per heavy atom. The SMILES string of the molecule is CCc1cccc(Oc2ccc(Cl)cc2CCl)c1. The molecule has 94 valence electrons. The second-order valence-corrected chi connectivity index (χ2v) is 4.69. The molecule has 0 aromatic heterocycles. The van der Waals surface area contributed by atoms with Crippen LogP contribution in [-0.2, 0) is 12.3 Å². The Bertz CT molecular complexity index is 538. The molecule has 0 amide bonds. The average molecular weight is 281 g/mol. The smallest absolute Gasteiger partial charge is 0.131 e. The summed E-state index contributed by atoms with van der Waals surface area (Å²) in [4.78, 5) is 0. The van der Waals surface area contributed by atoms with E-state index in [0.717, 1.165) is 23.5 Å². The lowest BCUT2D eigenvalue weighted by Crippen LogP contribution is -1.90. The van der Waals surface area contributed by atoms with E-state index >= 15 is 0 Å². The van der Waals surface area contributed by atoms with Crippen molar-refractivity contribution < 1.29 is 4.74 Å². The summed E-state index contributed by atoms with van der Waals surface area (Å²) in [6.45, 7) is 2.12. The third-order valence-corrected chi connectivity index (χ3v) is 3.22. The Hall–Kier alpha value is -1.18. The molecule has 0 unspecified atom stereocenters. The molecular formula is C15H14Cl2O. The van der Waals surface area contributed by atoms with Crippen molar-refractivity contribution in [2.24, 2.45) is 0 Å². The van der Waals surface area contributed by atoms with Gasteiger partial charge in [-0.15, -0.1) is 11.6 Å². The van der Waals surface area contributed by atoms with Gasteiger partial charge in [0, 0.05) is 10.6 Å². The molecule has 2 aromatic rings. The number of hydrogen-bond acceptors (Lipinski definition) is 1. The molecule has 18 heavy (non-hydrogen) atoms. The van der Waals surface area contributed by atoms with E-state index in [9.17, 15) is 0 Å². The van der Waals surface area contributed by atoms with Gasteiger partial charge >= 0.3 is 0 Å². The van der Waals surface area contributed by atoms with E-state index in [4.69, 9.17) is 27.9 Å². The number of alkyl halides is 1. The van der Waals surface area contributed by atoms with Crippen LogP contribution in [0.1, 0.15) is 18.1 Å². The molecule has 0 spiro atoms. The molecule has 0 atom stereocenters. The van der Waals surface area contributed by atoms with Gasteiger partial charge < -0.3 is 4.74 Å². The fourth-order valence-corrected chi connectivity index (χ4v) is 2.11. The molecule has 2 aromatic carbocycles. The van der Waals surface area contributed by atoms with Crippen LogP contribution in [0.4, 0.5) is 0 Å². The summed E-state index contributed by atoms with van der Waals surface area (Å²) in [6, 6.07) is 13.5. The monoisotopic (exact) mass is 280 g/mol. The van der Waals surface area contributed by atoms with E-state index in [0.29, 0.717) is 10.9 Å². The Morgan fingerprint density at radius 1 is 1.11 bits per heavy atom. The first-order valence-corrected chi connectivity index (χ1v) is 6.75. The molecular weight excluding hydrogens is 267 g/mol. The zero-order valence-electron chi connectivity index (χ0n) is 10.1. The maximum Gasteiger partial charge on any atom is 0.131 e. The first kappa shape index (κ1) is 13.3. The van der Waals surface area contributed by atoms with E-state index in [1.54, 1.807) is 6.07 Å².